The van der Waals surface area contributed by atoms with E-state index in [0.717, 1.165) is 11.3 Å². The number of pyridine rings is 1. The molecule has 0 spiro atoms. The van der Waals surface area contributed by atoms with Crippen molar-refractivity contribution < 1.29 is 39.1 Å². The van der Waals surface area contributed by atoms with Gasteiger partial charge in [-0.2, -0.15) is 0 Å². The van der Waals surface area contributed by atoms with Crippen LogP contribution in [0.4, 0.5) is 13.2 Å². The van der Waals surface area contributed by atoms with Crippen molar-refractivity contribution in [2.75, 3.05) is 0 Å². The molecule has 2 aliphatic heterocycles. The Hall–Kier alpha value is -3.13. The molecule has 0 radical (unpaired) electrons. The number of nitriles is 1. The number of fused-ring (bicyclic) bond motifs is 5. The van der Waals surface area contributed by atoms with Crippen molar-refractivity contribution in [1.82, 2.24) is 14.5 Å². The average Bonchev–Trinajstić information content (AvgIpc) is 3.39. The fourth-order valence-corrected chi connectivity index (χ4v) is 7.62. The Balaban J connectivity index is 1.52. The molecule has 0 unspecified atom stereocenters. The van der Waals surface area contributed by atoms with E-state index in [2.05, 4.69) is 9.55 Å². The molecule has 2 aliphatic rings. The van der Waals surface area contributed by atoms with Gasteiger partial charge in [-0.05, 0) is 0 Å². The van der Waals surface area contributed by atoms with E-state index in [-0.39, 0.29) is 38.7 Å². The van der Waals surface area contributed by atoms with Gasteiger partial charge < -0.3 is 0 Å². The molecule has 0 saturated carbocycles. The van der Waals surface area contributed by atoms with Crippen LogP contribution in [0.3, 0.4) is 0 Å². The van der Waals surface area contributed by atoms with E-state index in [1.165, 1.54) is 12.3 Å². The molecule has 6 rings (SSSR count). The summed E-state index contributed by atoms with van der Waals surface area (Å²) in [4.78, 5) is 8.75. The topological polar surface area (TPSA) is 63.7 Å². The van der Waals surface area contributed by atoms with Gasteiger partial charge in [0.25, 0.3) is 0 Å². The Kier molecular flexibility index (Phi) is 4.40. The van der Waals surface area contributed by atoms with Gasteiger partial charge in [0.2, 0.25) is 0 Å². The van der Waals surface area contributed by atoms with E-state index in [1.807, 2.05) is 18.2 Å². The van der Waals surface area contributed by atoms with Gasteiger partial charge in [0, 0.05) is 0 Å². The number of hydrogen-bond acceptors (Lipinski definition) is 4. The Bertz CT molecular complexity index is 1410. The molecule has 0 amide bonds. The number of para-hydroxylation sites is 1. The molecule has 4 heterocycles. The molecular formula is C23H13F3IN4O-. The van der Waals surface area contributed by atoms with E-state index in [4.69, 9.17) is 15.0 Å². The summed E-state index contributed by atoms with van der Waals surface area (Å²) in [7, 11) is 0. The second-order valence-corrected chi connectivity index (χ2v) is 11.0. The van der Waals surface area contributed by atoms with Crippen LogP contribution in [0.5, 0.6) is 5.75 Å². The standard InChI is InChI=1S/C23H13F3IN4O/c24-15-8-16-17(7-14(15)11-5-6-12(9-28)29-10-11)31-21(19-20(27-19)22(31)30-16)13-3-1-2-4-18(13)32-23(25)26/h1-8,10,19-21,23H/q-1/t19-,20+,21-/m0/s1. The predicted octanol–water partition coefficient (Wildman–Crippen LogP) is 1.83. The van der Waals surface area contributed by atoms with Crippen LogP contribution in [0.2, 0.25) is 0 Å². The van der Waals surface area contributed by atoms with E-state index < -0.39 is 12.4 Å². The molecular weight excluding hydrogens is 532 g/mol. The number of ether oxygens (including phenoxy) is 1. The van der Waals surface area contributed by atoms with Gasteiger partial charge in [-0.15, -0.1) is 0 Å². The first-order valence-corrected chi connectivity index (χ1v) is 12.3. The van der Waals surface area contributed by atoms with Crippen LogP contribution >= 0.6 is 0 Å². The van der Waals surface area contributed by atoms with Crippen molar-refractivity contribution in [3.8, 4) is 22.9 Å². The van der Waals surface area contributed by atoms with Crippen LogP contribution in [0.1, 0.15) is 27.0 Å². The van der Waals surface area contributed by atoms with Gasteiger partial charge >= 0.3 is 191 Å². The molecule has 0 aliphatic carbocycles. The number of halogens is 4. The van der Waals surface area contributed by atoms with Crippen LogP contribution in [-0.2, 0) is 0 Å². The third kappa shape index (κ3) is 2.97. The van der Waals surface area contributed by atoms with E-state index >= 15 is 0 Å². The monoisotopic (exact) mass is 545 g/mol. The minimum absolute atomic E-state index is 0.156. The van der Waals surface area contributed by atoms with Crippen molar-refractivity contribution >= 4 is 11.0 Å². The van der Waals surface area contributed by atoms with Crippen molar-refractivity contribution in [2.45, 2.75) is 20.5 Å². The van der Waals surface area contributed by atoms with Gasteiger partial charge in [-0.3, -0.25) is 0 Å². The predicted molar refractivity (Wildman–Crippen MR) is 105 cm³/mol. The van der Waals surface area contributed by atoms with E-state index in [1.54, 1.807) is 30.3 Å². The minimum atomic E-state index is -2.91. The SMILES string of the molecule is N#Cc1ccc(-c2cc3c(cc2F)nc2n3[C@@H](c3ccccc3OC(F)F)[C@H]3[I-][C@@H]23)cn1. The number of aromatic nitrogens is 3. The number of hydrogen-bond donors (Lipinski definition) is 0. The zero-order valence-corrected chi connectivity index (χ0v) is 18.4. The zero-order valence-electron chi connectivity index (χ0n) is 16.2. The number of alkyl halides is 4. The van der Waals surface area contributed by atoms with Crippen LogP contribution in [0.25, 0.3) is 22.2 Å². The summed E-state index contributed by atoms with van der Waals surface area (Å²) >= 11 is -0.156. The number of imidazole rings is 1. The van der Waals surface area contributed by atoms with Crippen LogP contribution in [0, 0.1) is 17.1 Å². The summed E-state index contributed by atoms with van der Waals surface area (Å²) in [5.74, 6) is 0.625. The second-order valence-electron chi connectivity index (χ2n) is 7.54. The molecule has 32 heavy (non-hydrogen) atoms. The Morgan fingerprint density at radius 2 is 2.00 bits per heavy atom. The summed E-state index contributed by atoms with van der Waals surface area (Å²) in [5, 5.41) is 8.96. The number of rotatable bonds is 4. The maximum absolute atomic E-state index is 14.9. The third-order valence-electron chi connectivity index (χ3n) is 5.77. The first kappa shape index (κ1) is 19.5. The van der Waals surface area contributed by atoms with Crippen molar-refractivity contribution in [1.29, 1.82) is 5.26 Å². The van der Waals surface area contributed by atoms with E-state index in [9.17, 15) is 13.2 Å². The molecule has 4 aromatic rings. The van der Waals surface area contributed by atoms with Gasteiger partial charge in [0.05, 0.1) is 0 Å². The summed E-state index contributed by atoms with van der Waals surface area (Å²) in [6.07, 6.45) is 1.47. The Morgan fingerprint density at radius 3 is 2.75 bits per heavy atom. The average molecular weight is 545 g/mol. The molecule has 3 atom stereocenters. The van der Waals surface area contributed by atoms with Gasteiger partial charge in [-0.1, -0.05) is 0 Å². The molecule has 1 saturated heterocycles. The van der Waals surface area contributed by atoms with Crippen molar-refractivity contribution in [3.05, 3.63) is 77.6 Å². The Morgan fingerprint density at radius 1 is 1.16 bits per heavy atom. The van der Waals surface area contributed by atoms with Crippen LogP contribution in [-0.4, -0.2) is 25.1 Å². The van der Waals surface area contributed by atoms with Gasteiger partial charge in [-0.25, -0.2) is 0 Å². The zero-order chi connectivity index (χ0) is 22.0. The second kappa shape index (κ2) is 7.20. The molecule has 2 aromatic carbocycles. The molecule has 1 fully saturated rings. The molecule has 0 bridgehead atoms. The maximum atomic E-state index is 14.9. The fraction of sp³-hybridized carbons (Fsp3) is 0.174. The van der Waals surface area contributed by atoms with Gasteiger partial charge in [0.1, 0.15) is 0 Å². The molecule has 160 valence electrons. The Labute approximate surface area is 190 Å². The fourth-order valence-electron chi connectivity index (χ4n) is 4.39. The van der Waals surface area contributed by atoms with E-state index in [0.29, 0.717) is 30.1 Å². The normalized spacial score (nSPS) is 21.0. The summed E-state index contributed by atoms with van der Waals surface area (Å²) in [6.45, 7) is -2.91. The molecule has 0 N–H and O–H groups in total. The number of benzene rings is 2. The molecule has 9 heteroatoms. The van der Waals surface area contributed by atoms with Crippen molar-refractivity contribution in [3.63, 3.8) is 0 Å². The summed E-state index contributed by atoms with van der Waals surface area (Å²) in [6, 6.07) is 15.0. The van der Waals surface area contributed by atoms with Crippen LogP contribution < -0.4 is 25.9 Å². The van der Waals surface area contributed by atoms with Crippen molar-refractivity contribution in [2.24, 2.45) is 0 Å². The molecule has 2 aromatic heterocycles. The first-order valence-electron chi connectivity index (χ1n) is 9.79. The van der Waals surface area contributed by atoms with Crippen LogP contribution in [0.15, 0.2) is 54.7 Å². The number of nitrogens with zero attached hydrogens (tertiary/aromatic N) is 4. The quantitative estimate of drug-likeness (QED) is 0.290. The van der Waals surface area contributed by atoms with Gasteiger partial charge in [0.15, 0.2) is 0 Å². The third-order valence-corrected chi connectivity index (χ3v) is 9.28. The molecule has 5 nitrogen and oxygen atoms in total. The summed E-state index contributed by atoms with van der Waals surface area (Å²) in [5.41, 5.74) is 3.13. The summed E-state index contributed by atoms with van der Waals surface area (Å²) < 4.78 is 48.5. The first-order chi connectivity index (χ1) is 15.5.